The van der Waals surface area contributed by atoms with Gasteiger partial charge in [-0.05, 0) is 0 Å². The van der Waals surface area contributed by atoms with Crippen molar-refractivity contribution in [1.29, 1.82) is 0 Å². The van der Waals surface area contributed by atoms with Gasteiger partial charge >= 0.3 is 16.2 Å². The summed E-state index contributed by atoms with van der Waals surface area (Å²) < 4.78 is 34.8. The van der Waals surface area contributed by atoms with Crippen LogP contribution in [0.4, 0.5) is 3.89 Å². The Morgan fingerprint density at radius 3 is 1.67 bits per heavy atom. The van der Waals surface area contributed by atoms with Crippen molar-refractivity contribution < 1.29 is 22.2 Å². The highest BCUT2D eigenvalue weighted by molar-refractivity contribution is 7.90. The van der Waals surface area contributed by atoms with Gasteiger partial charge < -0.3 is 5.11 Å². The maximum Gasteiger partial charge on any atom is 0.321 e. The molecular weight excluding hydrogens is 239 g/mol. The second kappa shape index (κ2) is 5.07. The summed E-state index contributed by atoms with van der Waals surface area (Å²) in [6.45, 7) is 5.21. The topological polar surface area (TPSA) is 71.4 Å². The van der Waals surface area contributed by atoms with E-state index in [4.69, 9.17) is 5.11 Å². The molecule has 0 aromatic carbocycles. The number of hydrogen-bond acceptors (Lipinski definition) is 3. The summed E-state index contributed by atoms with van der Waals surface area (Å²) in [4.78, 5) is 9.07. The van der Waals surface area contributed by atoms with Crippen LogP contribution in [-0.2, 0) is 15.0 Å². The van der Waals surface area contributed by atoms with E-state index < -0.39 is 29.1 Å². The van der Waals surface area contributed by atoms with Crippen molar-refractivity contribution in [2.24, 2.45) is 0 Å². The van der Waals surface area contributed by atoms with E-state index in [1.54, 1.807) is 20.8 Å². The zero-order valence-corrected chi connectivity index (χ0v) is 11.0. The van der Waals surface area contributed by atoms with Crippen molar-refractivity contribution in [2.45, 2.75) is 43.8 Å². The van der Waals surface area contributed by atoms with Gasteiger partial charge in [0.05, 0.1) is 8.07 Å². The molecule has 0 saturated carbocycles. The van der Waals surface area contributed by atoms with Gasteiger partial charge in [0.2, 0.25) is 0 Å². The summed E-state index contributed by atoms with van der Waals surface area (Å²) in [7, 11) is -7.60. The summed E-state index contributed by atoms with van der Waals surface area (Å²) in [5.41, 5.74) is 0. The van der Waals surface area contributed by atoms with Crippen LogP contribution < -0.4 is 0 Å². The Bertz CT molecular complexity index is 315. The Hall–Kier alpha value is -0.433. The van der Waals surface area contributed by atoms with Crippen LogP contribution in [0.15, 0.2) is 0 Å². The first-order valence-corrected chi connectivity index (χ1v) is 9.06. The van der Waals surface area contributed by atoms with Gasteiger partial charge in [0, 0.05) is 0 Å². The van der Waals surface area contributed by atoms with Crippen molar-refractivity contribution in [1.82, 2.24) is 0 Å². The van der Waals surface area contributed by atoms with E-state index in [0.29, 0.717) is 18.1 Å². The minimum absolute atomic E-state index is 0.458. The highest BCUT2D eigenvalue weighted by Gasteiger charge is 2.49. The van der Waals surface area contributed by atoms with E-state index in [2.05, 4.69) is 0 Å². The van der Waals surface area contributed by atoms with Crippen LogP contribution in [0.2, 0.25) is 18.1 Å². The molecule has 15 heavy (non-hydrogen) atoms. The van der Waals surface area contributed by atoms with E-state index in [-0.39, 0.29) is 0 Å². The molecule has 0 aliphatic rings. The summed E-state index contributed by atoms with van der Waals surface area (Å²) in [6, 6.07) is 1.38. The first-order valence-electron chi connectivity index (χ1n) is 4.91. The number of carboxylic acids is 1. The first kappa shape index (κ1) is 14.6. The second-order valence-electron chi connectivity index (χ2n) is 3.62. The molecule has 0 aliphatic carbocycles. The summed E-state index contributed by atoms with van der Waals surface area (Å²) in [6.07, 6.45) is 0. The minimum Gasteiger partial charge on any atom is -0.480 e. The molecule has 7 heteroatoms. The van der Waals surface area contributed by atoms with Crippen LogP contribution in [0.3, 0.4) is 0 Å². The molecule has 0 aliphatic heterocycles. The molecule has 90 valence electrons. The Morgan fingerprint density at radius 1 is 1.27 bits per heavy atom. The fourth-order valence-corrected chi connectivity index (χ4v) is 9.25. The average Bonchev–Trinajstić information content (AvgIpc) is 2.11. The number of carbonyl (C=O) groups is 1. The molecule has 1 unspecified atom stereocenters. The van der Waals surface area contributed by atoms with Gasteiger partial charge in [-0.15, -0.1) is 3.89 Å². The zero-order chi connectivity index (χ0) is 12.3. The van der Waals surface area contributed by atoms with E-state index >= 15 is 0 Å². The monoisotopic (exact) mass is 256 g/mol. The van der Waals surface area contributed by atoms with E-state index in [9.17, 15) is 17.1 Å². The number of aliphatic carboxylic acids is 1. The van der Waals surface area contributed by atoms with Crippen molar-refractivity contribution in [2.75, 3.05) is 0 Å². The predicted octanol–water partition coefficient (Wildman–Crippen LogP) is 1.79. The molecule has 0 fully saturated rings. The maximum atomic E-state index is 13.0. The van der Waals surface area contributed by atoms with Gasteiger partial charge in [0.1, 0.15) is 0 Å². The van der Waals surface area contributed by atoms with E-state index in [1.165, 1.54) is 0 Å². The van der Waals surface area contributed by atoms with Crippen LogP contribution in [0.25, 0.3) is 0 Å². The molecule has 1 N–H and O–H groups in total. The molecule has 4 nitrogen and oxygen atoms in total. The normalized spacial score (nSPS) is 14.9. The summed E-state index contributed by atoms with van der Waals surface area (Å²) in [5.74, 6) is -1.55. The average molecular weight is 256 g/mol. The lowest BCUT2D eigenvalue weighted by atomic mass is 10.8. The Labute approximate surface area is 90.7 Å². The lowest BCUT2D eigenvalue weighted by Crippen LogP contribution is -2.53. The lowest BCUT2D eigenvalue weighted by molar-refractivity contribution is -0.135. The van der Waals surface area contributed by atoms with Gasteiger partial charge in [-0.2, -0.15) is 8.42 Å². The molecule has 0 rings (SSSR count). The first-order chi connectivity index (χ1) is 6.75. The molecule has 0 aromatic rings. The van der Waals surface area contributed by atoms with Crippen LogP contribution in [-0.4, -0.2) is 32.4 Å². The van der Waals surface area contributed by atoms with Crippen molar-refractivity contribution in [3.63, 3.8) is 0 Å². The SMILES string of the molecule is CC[Si](CC)(CC)C(C(=O)O)S(=O)(=O)F. The predicted molar refractivity (Wildman–Crippen MR) is 58.6 cm³/mol. The minimum atomic E-state index is -5.00. The molecule has 0 heterocycles. The van der Waals surface area contributed by atoms with Crippen molar-refractivity contribution in [3.8, 4) is 0 Å². The smallest absolute Gasteiger partial charge is 0.321 e. The van der Waals surface area contributed by atoms with E-state index in [0.717, 1.165) is 0 Å². The number of hydrogen-bond donors (Lipinski definition) is 1. The highest BCUT2D eigenvalue weighted by atomic mass is 32.3. The zero-order valence-electron chi connectivity index (χ0n) is 9.16. The van der Waals surface area contributed by atoms with Gasteiger partial charge in [-0.25, -0.2) is 0 Å². The van der Waals surface area contributed by atoms with Gasteiger partial charge in [0.15, 0.2) is 4.87 Å². The third-order valence-corrected chi connectivity index (χ3v) is 11.9. The molecular formula is C8H17FO4SSi. The fraction of sp³-hybridized carbons (Fsp3) is 0.875. The number of rotatable bonds is 6. The molecule has 0 amide bonds. The van der Waals surface area contributed by atoms with E-state index in [1.807, 2.05) is 0 Å². The highest BCUT2D eigenvalue weighted by Crippen LogP contribution is 2.29. The largest absolute Gasteiger partial charge is 0.480 e. The lowest BCUT2D eigenvalue weighted by Gasteiger charge is -2.31. The van der Waals surface area contributed by atoms with Gasteiger partial charge in [-0.1, -0.05) is 38.9 Å². The third-order valence-electron chi connectivity index (χ3n) is 3.17. The second-order valence-corrected chi connectivity index (χ2v) is 10.9. The van der Waals surface area contributed by atoms with Crippen molar-refractivity contribution in [3.05, 3.63) is 0 Å². The Balaban J connectivity index is 5.50. The Kier molecular flexibility index (Phi) is 4.92. The summed E-state index contributed by atoms with van der Waals surface area (Å²) in [5, 5.41) is 8.85. The molecule has 0 radical (unpaired) electrons. The van der Waals surface area contributed by atoms with Crippen LogP contribution in [0.1, 0.15) is 20.8 Å². The quantitative estimate of drug-likeness (QED) is 0.581. The van der Waals surface area contributed by atoms with Gasteiger partial charge in [-0.3, -0.25) is 4.79 Å². The molecule has 0 spiro atoms. The number of carboxylic acid groups (broad SMARTS) is 1. The molecule has 0 aromatic heterocycles. The molecule has 0 saturated heterocycles. The number of halogens is 1. The molecule has 0 bridgehead atoms. The van der Waals surface area contributed by atoms with Crippen LogP contribution in [0, 0.1) is 0 Å². The van der Waals surface area contributed by atoms with Gasteiger partial charge in [0.25, 0.3) is 0 Å². The molecule has 1 atom stereocenters. The summed E-state index contributed by atoms with van der Waals surface area (Å²) >= 11 is 0. The van der Waals surface area contributed by atoms with Crippen molar-refractivity contribution >= 4 is 24.3 Å². The standard InChI is InChI=1S/C8H17FO4SSi/c1-4-15(5-2,6-3)8(7(10)11)14(9,12)13/h8H,4-6H2,1-3H3,(H,10,11). The maximum absolute atomic E-state index is 13.0. The fourth-order valence-electron chi connectivity index (χ4n) is 1.99. The van der Waals surface area contributed by atoms with Crippen LogP contribution >= 0.6 is 0 Å². The Morgan fingerprint density at radius 2 is 1.60 bits per heavy atom. The van der Waals surface area contributed by atoms with Crippen LogP contribution in [0.5, 0.6) is 0 Å². The third kappa shape index (κ3) is 3.01.